The number of aromatic nitrogens is 1. The number of rotatable bonds is 3. The van der Waals surface area contributed by atoms with Crippen LogP contribution in [-0.4, -0.2) is 4.57 Å². The Kier molecular flexibility index (Phi) is 4.08. The molecule has 24 heavy (non-hydrogen) atoms. The minimum Gasteiger partial charge on any atom is -0.336 e. The highest BCUT2D eigenvalue weighted by atomic mass is 15.0. The molecule has 1 aromatic heterocycles. The van der Waals surface area contributed by atoms with Gasteiger partial charge in [0, 0.05) is 28.0 Å². The number of hydrogen-bond donors (Lipinski definition) is 0. The first-order valence-corrected chi connectivity index (χ1v) is 8.82. The zero-order valence-electron chi connectivity index (χ0n) is 14.0. The molecule has 0 spiro atoms. The van der Waals surface area contributed by atoms with Gasteiger partial charge >= 0.3 is 0 Å². The molecule has 1 nitrogen and oxygen atoms in total. The van der Waals surface area contributed by atoms with E-state index in [9.17, 15) is 0 Å². The van der Waals surface area contributed by atoms with E-state index in [2.05, 4.69) is 71.9 Å². The van der Waals surface area contributed by atoms with Gasteiger partial charge in [0.25, 0.3) is 0 Å². The van der Waals surface area contributed by atoms with Crippen molar-refractivity contribution < 1.29 is 0 Å². The molecule has 0 N–H and O–H groups in total. The van der Waals surface area contributed by atoms with Crippen molar-refractivity contribution in [2.24, 2.45) is 0 Å². The molecule has 0 atom stereocenters. The van der Waals surface area contributed by atoms with Crippen LogP contribution < -0.4 is 10.6 Å². The van der Waals surface area contributed by atoms with Crippen molar-refractivity contribution in [2.75, 3.05) is 0 Å². The molecule has 1 aromatic carbocycles. The molecule has 0 radical (unpaired) electrons. The van der Waals surface area contributed by atoms with Crippen molar-refractivity contribution in [3.8, 4) is 0 Å². The van der Waals surface area contributed by atoms with Crippen LogP contribution in [0.2, 0.25) is 0 Å². The number of nitrogens with zero attached hydrogens (tertiary/aromatic N) is 1. The van der Waals surface area contributed by atoms with Gasteiger partial charge in [-0.2, -0.15) is 0 Å². The minimum atomic E-state index is 0.967. The van der Waals surface area contributed by atoms with Gasteiger partial charge in [-0.1, -0.05) is 66.8 Å². The van der Waals surface area contributed by atoms with E-state index in [0.29, 0.717) is 0 Å². The van der Waals surface area contributed by atoms with Crippen molar-refractivity contribution >= 4 is 23.1 Å². The highest BCUT2D eigenvalue weighted by molar-refractivity contribution is 5.82. The predicted molar refractivity (Wildman–Crippen MR) is 104 cm³/mol. The van der Waals surface area contributed by atoms with Gasteiger partial charge in [0.2, 0.25) is 0 Å². The summed E-state index contributed by atoms with van der Waals surface area (Å²) in [6.45, 7) is 4.88. The van der Waals surface area contributed by atoms with Gasteiger partial charge in [-0.15, -0.1) is 0 Å². The maximum absolute atomic E-state index is 3.92. The largest absolute Gasteiger partial charge is 0.336 e. The zero-order chi connectivity index (χ0) is 16.4. The third-order valence-corrected chi connectivity index (χ3v) is 5.02. The molecule has 120 valence electrons. The average Bonchev–Trinajstić information content (AvgIpc) is 2.85. The van der Waals surface area contributed by atoms with E-state index in [1.54, 1.807) is 0 Å². The van der Waals surface area contributed by atoms with Gasteiger partial charge < -0.3 is 4.57 Å². The molecule has 0 saturated heterocycles. The van der Waals surface area contributed by atoms with Crippen LogP contribution in [0.1, 0.15) is 25.7 Å². The Balaban J connectivity index is 1.86. The Morgan fingerprint density at radius 2 is 2.00 bits per heavy atom. The smallest absolute Gasteiger partial charge is 0.0494 e. The summed E-state index contributed by atoms with van der Waals surface area (Å²) in [7, 11) is 0. The summed E-state index contributed by atoms with van der Waals surface area (Å²) in [5.41, 5.74) is 4.18. The van der Waals surface area contributed by atoms with Crippen molar-refractivity contribution in [3.63, 3.8) is 0 Å². The minimum absolute atomic E-state index is 0.967. The summed E-state index contributed by atoms with van der Waals surface area (Å²) < 4.78 is 2.48. The monoisotopic (exact) mass is 313 g/mol. The predicted octanol–water partition coefficient (Wildman–Crippen LogP) is 4.38. The molecular weight excluding hydrogens is 290 g/mol. The van der Waals surface area contributed by atoms with Crippen molar-refractivity contribution in [1.29, 1.82) is 0 Å². The molecule has 0 unspecified atom stereocenters. The lowest BCUT2D eigenvalue weighted by molar-refractivity contribution is 0.720. The highest BCUT2D eigenvalue weighted by Crippen LogP contribution is 2.20. The second-order valence-corrected chi connectivity index (χ2v) is 6.56. The number of allylic oxidation sites excluding steroid dienone is 7. The van der Waals surface area contributed by atoms with E-state index in [1.807, 2.05) is 6.08 Å². The Morgan fingerprint density at radius 1 is 1.08 bits per heavy atom. The normalized spacial score (nSPS) is 17.0. The molecule has 0 amide bonds. The number of fused-ring (bicyclic) bond motifs is 3. The molecule has 0 fully saturated rings. The molecule has 1 heteroatoms. The fourth-order valence-corrected chi connectivity index (χ4v) is 3.75. The SMILES string of the molecule is C=CC1=CC=C(Cn2c3c(c4ccccc42)=CCC=CC=3)CCC1. The highest BCUT2D eigenvalue weighted by Gasteiger charge is 2.10. The molecule has 2 aliphatic carbocycles. The van der Waals surface area contributed by atoms with Gasteiger partial charge in [-0.05, 0) is 43.4 Å². The van der Waals surface area contributed by atoms with E-state index < -0.39 is 0 Å². The van der Waals surface area contributed by atoms with Crippen LogP contribution in [0.3, 0.4) is 0 Å². The maximum Gasteiger partial charge on any atom is 0.0494 e. The Morgan fingerprint density at radius 3 is 2.92 bits per heavy atom. The molecule has 4 rings (SSSR count). The lowest BCUT2D eigenvalue weighted by Gasteiger charge is -2.09. The van der Waals surface area contributed by atoms with Crippen LogP contribution >= 0.6 is 0 Å². The average molecular weight is 313 g/mol. The first-order valence-electron chi connectivity index (χ1n) is 8.82. The molecule has 0 aliphatic heterocycles. The van der Waals surface area contributed by atoms with Crippen LogP contribution in [0.25, 0.3) is 23.1 Å². The number of hydrogen-bond acceptors (Lipinski definition) is 0. The fraction of sp³-hybridized carbons (Fsp3) is 0.217. The molecule has 2 aromatic rings. The lowest BCUT2D eigenvalue weighted by Crippen LogP contribution is -2.29. The standard InChI is InChI=1S/C23H23N/c1-2-18-9-8-10-19(16-15-18)17-24-22-13-5-3-4-11-20(22)21-12-6-7-14-23(21)24/h2-3,5-7,11-16H,1,4,8-10,17H2. The molecule has 1 heterocycles. The van der Waals surface area contributed by atoms with E-state index in [1.165, 1.54) is 39.0 Å². The van der Waals surface area contributed by atoms with Crippen molar-refractivity contribution in [2.45, 2.75) is 32.2 Å². The van der Waals surface area contributed by atoms with Crippen LogP contribution in [0.4, 0.5) is 0 Å². The summed E-state index contributed by atoms with van der Waals surface area (Å²) in [5.74, 6) is 0. The van der Waals surface area contributed by atoms with Gasteiger partial charge in [-0.25, -0.2) is 0 Å². The third kappa shape index (κ3) is 2.71. The molecule has 0 saturated carbocycles. The van der Waals surface area contributed by atoms with Crippen LogP contribution in [0.5, 0.6) is 0 Å². The summed E-state index contributed by atoms with van der Waals surface area (Å²) in [6.07, 6.45) is 20.1. The Labute approximate surface area is 143 Å². The summed E-state index contributed by atoms with van der Waals surface area (Å²) >= 11 is 0. The molecule has 2 aliphatic rings. The number of benzene rings is 1. The van der Waals surface area contributed by atoms with E-state index in [0.717, 1.165) is 25.8 Å². The first kappa shape index (κ1) is 15.0. The van der Waals surface area contributed by atoms with Gasteiger partial charge in [0.05, 0.1) is 0 Å². The van der Waals surface area contributed by atoms with Gasteiger partial charge in [0.15, 0.2) is 0 Å². The van der Waals surface area contributed by atoms with Crippen molar-refractivity contribution in [3.05, 3.63) is 82.9 Å². The van der Waals surface area contributed by atoms with E-state index >= 15 is 0 Å². The number of para-hydroxylation sites is 1. The van der Waals surface area contributed by atoms with Gasteiger partial charge in [0.1, 0.15) is 0 Å². The van der Waals surface area contributed by atoms with Gasteiger partial charge in [-0.3, -0.25) is 0 Å². The zero-order valence-corrected chi connectivity index (χ0v) is 14.0. The second kappa shape index (κ2) is 6.52. The summed E-state index contributed by atoms with van der Waals surface area (Å²) in [5, 5.41) is 4.08. The summed E-state index contributed by atoms with van der Waals surface area (Å²) in [4.78, 5) is 0. The van der Waals surface area contributed by atoms with Crippen molar-refractivity contribution in [1.82, 2.24) is 4.57 Å². The third-order valence-electron chi connectivity index (χ3n) is 5.02. The van der Waals surface area contributed by atoms with E-state index in [-0.39, 0.29) is 0 Å². The Hall–Kier alpha value is -2.54. The van der Waals surface area contributed by atoms with Crippen LogP contribution in [0.15, 0.2) is 72.4 Å². The topological polar surface area (TPSA) is 4.93 Å². The lowest BCUT2D eigenvalue weighted by atomic mass is 10.1. The first-order chi connectivity index (χ1) is 11.9. The van der Waals surface area contributed by atoms with Crippen LogP contribution in [-0.2, 0) is 6.54 Å². The molecular formula is C23H23N. The Bertz CT molecular complexity index is 993. The van der Waals surface area contributed by atoms with E-state index in [4.69, 9.17) is 0 Å². The van der Waals surface area contributed by atoms with Crippen LogP contribution in [0, 0.1) is 0 Å². The second-order valence-electron chi connectivity index (χ2n) is 6.56. The molecule has 0 bridgehead atoms. The fourth-order valence-electron chi connectivity index (χ4n) is 3.75. The summed E-state index contributed by atoms with van der Waals surface area (Å²) in [6, 6.07) is 8.78. The quantitative estimate of drug-likeness (QED) is 0.792. The maximum atomic E-state index is 3.92.